The third-order valence-corrected chi connectivity index (χ3v) is 5.46. The zero-order valence-corrected chi connectivity index (χ0v) is 16.8. The highest BCUT2D eigenvalue weighted by Gasteiger charge is 2.34. The lowest BCUT2D eigenvalue weighted by Crippen LogP contribution is -3.11. The summed E-state index contributed by atoms with van der Waals surface area (Å²) >= 11 is 0. The van der Waals surface area contributed by atoms with Gasteiger partial charge in [0.05, 0.1) is 43.4 Å². The van der Waals surface area contributed by atoms with Crippen LogP contribution >= 0.6 is 0 Å². The maximum atomic E-state index is 12.7. The molecule has 1 fully saturated rings. The number of likely N-dealkylation sites (tertiary alicyclic amines) is 1. The van der Waals surface area contributed by atoms with Gasteiger partial charge >= 0.3 is 0 Å². The van der Waals surface area contributed by atoms with Crippen LogP contribution in [-0.2, 0) is 11.8 Å². The number of ether oxygens (including phenoxy) is 2. The lowest BCUT2D eigenvalue weighted by molar-refractivity contribution is -0.910. The molecule has 7 heteroatoms. The largest absolute Gasteiger partial charge is 0.497 e. The summed E-state index contributed by atoms with van der Waals surface area (Å²) in [7, 11) is 5.23. The van der Waals surface area contributed by atoms with Crippen LogP contribution in [-0.4, -0.2) is 43.0 Å². The predicted molar refractivity (Wildman–Crippen MR) is 104 cm³/mol. The van der Waals surface area contributed by atoms with Crippen LogP contribution in [0, 0.1) is 13.8 Å². The number of nitrogens with zero attached hydrogens (tertiary/aromatic N) is 2. The molecule has 2 N–H and O–H groups in total. The van der Waals surface area contributed by atoms with Gasteiger partial charge in [-0.05, 0) is 32.0 Å². The van der Waals surface area contributed by atoms with Gasteiger partial charge in [-0.1, -0.05) is 0 Å². The first-order valence-electron chi connectivity index (χ1n) is 9.31. The Balaban J connectivity index is 1.76. The minimum absolute atomic E-state index is 0.0120. The van der Waals surface area contributed by atoms with E-state index in [1.54, 1.807) is 18.9 Å². The second-order valence-electron chi connectivity index (χ2n) is 7.11. The number of aryl methyl sites for hydroxylation is 2. The highest BCUT2D eigenvalue weighted by molar-refractivity contribution is 5.92. The van der Waals surface area contributed by atoms with Crippen LogP contribution < -0.4 is 19.7 Å². The van der Waals surface area contributed by atoms with Gasteiger partial charge in [0.15, 0.2) is 6.54 Å². The van der Waals surface area contributed by atoms with Crippen molar-refractivity contribution in [3.05, 3.63) is 35.2 Å². The molecule has 2 aromatic rings. The van der Waals surface area contributed by atoms with E-state index < -0.39 is 0 Å². The molecule has 1 aliphatic rings. The smallest absolute Gasteiger partial charge is 0.279 e. The third kappa shape index (κ3) is 3.93. The Morgan fingerprint density at radius 3 is 2.74 bits per heavy atom. The Bertz CT molecular complexity index is 831. The van der Waals surface area contributed by atoms with Crippen LogP contribution in [0.5, 0.6) is 11.5 Å². The number of benzene rings is 1. The van der Waals surface area contributed by atoms with Crippen LogP contribution in [0.25, 0.3) is 0 Å². The molecule has 0 radical (unpaired) electrons. The lowest BCUT2D eigenvalue weighted by Gasteiger charge is -2.23. The lowest BCUT2D eigenvalue weighted by atomic mass is 10.0. The predicted octanol–water partition coefficient (Wildman–Crippen LogP) is 1.41. The summed E-state index contributed by atoms with van der Waals surface area (Å²) in [5.74, 6) is 1.67. The van der Waals surface area contributed by atoms with E-state index >= 15 is 0 Å². The Hall–Kier alpha value is -2.54. The molecule has 2 atom stereocenters. The van der Waals surface area contributed by atoms with Crippen molar-refractivity contribution < 1.29 is 19.2 Å². The topological polar surface area (TPSA) is 69.8 Å². The molecule has 7 nitrogen and oxygen atoms in total. The van der Waals surface area contributed by atoms with Crippen LogP contribution in [0.3, 0.4) is 0 Å². The molecular weight excluding hydrogens is 344 g/mol. The highest BCUT2D eigenvalue weighted by atomic mass is 16.5. The van der Waals surface area contributed by atoms with E-state index in [2.05, 4.69) is 10.4 Å². The Labute approximate surface area is 160 Å². The maximum Gasteiger partial charge on any atom is 0.279 e. The molecule has 3 rings (SSSR count). The standard InChI is InChI=1S/C20H28N4O3/c1-13-20(14(2)23(3)22-13)21-19(25)12-24-10-6-7-17(24)16-11-15(26-4)8-9-18(16)27-5/h8-9,11,17H,6-7,10,12H2,1-5H3,(H,21,25)/p+1/t17-/m1/s1. The van der Waals surface area contributed by atoms with E-state index in [0.717, 1.165) is 53.5 Å². The number of rotatable bonds is 6. The Morgan fingerprint density at radius 1 is 1.33 bits per heavy atom. The van der Waals surface area contributed by atoms with Crippen molar-refractivity contribution in [2.24, 2.45) is 7.05 Å². The molecule has 1 amide bonds. The Morgan fingerprint density at radius 2 is 2.11 bits per heavy atom. The molecule has 146 valence electrons. The number of nitrogens with one attached hydrogen (secondary N) is 2. The van der Waals surface area contributed by atoms with Gasteiger partial charge < -0.3 is 19.7 Å². The number of aromatic nitrogens is 2. The average molecular weight is 373 g/mol. The summed E-state index contributed by atoms with van der Waals surface area (Å²) in [5.41, 5.74) is 3.72. The van der Waals surface area contributed by atoms with Crippen LogP contribution in [0.4, 0.5) is 5.69 Å². The summed E-state index contributed by atoms with van der Waals surface area (Å²) in [4.78, 5) is 14.0. The number of anilines is 1. The molecule has 1 saturated heterocycles. The number of carbonyl (C=O) groups is 1. The number of hydrogen-bond donors (Lipinski definition) is 2. The first kappa shape index (κ1) is 19.2. The first-order chi connectivity index (χ1) is 12.9. The van der Waals surface area contributed by atoms with Crippen LogP contribution in [0.1, 0.15) is 35.8 Å². The maximum absolute atomic E-state index is 12.7. The van der Waals surface area contributed by atoms with E-state index in [4.69, 9.17) is 9.47 Å². The summed E-state index contributed by atoms with van der Waals surface area (Å²) in [6.07, 6.45) is 2.11. The van der Waals surface area contributed by atoms with Gasteiger partial charge in [-0.25, -0.2) is 0 Å². The SMILES string of the molecule is COc1ccc(OC)c([C@H]2CCC[NH+]2CC(=O)Nc2c(C)nn(C)c2C)c1. The number of carbonyl (C=O) groups excluding carboxylic acids is 1. The van der Waals surface area contributed by atoms with Crippen molar-refractivity contribution in [3.63, 3.8) is 0 Å². The van der Waals surface area contributed by atoms with Crippen molar-refractivity contribution in [1.29, 1.82) is 0 Å². The molecule has 2 heterocycles. The van der Waals surface area contributed by atoms with E-state index in [1.165, 1.54) is 4.90 Å². The first-order valence-corrected chi connectivity index (χ1v) is 9.31. The summed E-state index contributed by atoms with van der Waals surface area (Å²) in [6.45, 7) is 5.25. The number of methoxy groups -OCH3 is 2. The van der Waals surface area contributed by atoms with Gasteiger partial charge in [0.25, 0.3) is 5.91 Å². The van der Waals surface area contributed by atoms with Gasteiger partial charge in [0.2, 0.25) is 0 Å². The van der Waals surface area contributed by atoms with Gasteiger partial charge in [0, 0.05) is 19.9 Å². The van der Waals surface area contributed by atoms with Crippen LogP contribution in [0.15, 0.2) is 18.2 Å². The van der Waals surface area contributed by atoms with Crippen LogP contribution in [0.2, 0.25) is 0 Å². The van der Waals surface area contributed by atoms with Gasteiger partial charge in [-0.3, -0.25) is 9.48 Å². The van der Waals surface area contributed by atoms with Crippen molar-refractivity contribution in [2.75, 3.05) is 32.6 Å². The molecule has 0 aliphatic carbocycles. The molecule has 1 aliphatic heterocycles. The van der Waals surface area contributed by atoms with Crippen molar-refractivity contribution in [2.45, 2.75) is 32.7 Å². The van der Waals surface area contributed by atoms with E-state index in [9.17, 15) is 4.79 Å². The fraction of sp³-hybridized carbons (Fsp3) is 0.500. The van der Waals surface area contributed by atoms with Gasteiger partial charge in [-0.15, -0.1) is 0 Å². The number of hydrogen-bond acceptors (Lipinski definition) is 4. The molecular formula is C20H29N4O3+. The third-order valence-electron chi connectivity index (χ3n) is 5.46. The van der Waals surface area contributed by atoms with Gasteiger partial charge in [0.1, 0.15) is 17.5 Å². The molecule has 0 bridgehead atoms. The zero-order chi connectivity index (χ0) is 19.6. The van der Waals surface area contributed by atoms with Crippen molar-refractivity contribution in [3.8, 4) is 11.5 Å². The zero-order valence-electron chi connectivity index (χ0n) is 16.8. The minimum Gasteiger partial charge on any atom is -0.497 e. The van der Waals surface area contributed by atoms with Crippen molar-refractivity contribution >= 4 is 11.6 Å². The second kappa shape index (κ2) is 8.00. The normalized spacial score (nSPS) is 19.1. The summed E-state index contributed by atoms with van der Waals surface area (Å²) < 4.78 is 12.7. The molecule has 1 aromatic heterocycles. The molecule has 27 heavy (non-hydrogen) atoms. The molecule has 0 saturated carbocycles. The molecule has 1 aromatic carbocycles. The Kier molecular flexibility index (Phi) is 5.70. The summed E-state index contributed by atoms with van der Waals surface area (Å²) in [6, 6.07) is 6.09. The molecule has 1 unspecified atom stereocenters. The highest BCUT2D eigenvalue weighted by Crippen LogP contribution is 2.31. The van der Waals surface area contributed by atoms with Crippen molar-refractivity contribution in [1.82, 2.24) is 9.78 Å². The van der Waals surface area contributed by atoms with E-state index in [1.807, 2.05) is 39.1 Å². The fourth-order valence-electron chi connectivity index (χ4n) is 3.95. The second-order valence-corrected chi connectivity index (χ2v) is 7.11. The molecule has 0 spiro atoms. The number of quaternary nitrogens is 1. The fourth-order valence-corrected chi connectivity index (χ4v) is 3.95. The summed E-state index contributed by atoms with van der Waals surface area (Å²) in [5, 5.41) is 7.41. The number of amides is 1. The average Bonchev–Trinajstić information content (AvgIpc) is 3.20. The minimum atomic E-state index is 0.0120. The van der Waals surface area contributed by atoms with E-state index in [0.29, 0.717) is 6.54 Å². The van der Waals surface area contributed by atoms with E-state index in [-0.39, 0.29) is 11.9 Å². The quantitative estimate of drug-likeness (QED) is 0.803. The monoisotopic (exact) mass is 373 g/mol. The van der Waals surface area contributed by atoms with Gasteiger partial charge in [-0.2, -0.15) is 5.10 Å².